The van der Waals surface area contributed by atoms with Gasteiger partial charge < -0.3 is 4.79 Å². The Hall–Kier alpha value is -2.91. The fourth-order valence-corrected chi connectivity index (χ4v) is 0.896. The van der Waals surface area contributed by atoms with Crippen molar-refractivity contribution >= 4 is 23.3 Å². The summed E-state index contributed by atoms with van der Waals surface area (Å²) in [7, 11) is 0. The van der Waals surface area contributed by atoms with E-state index in [9.17, 15) is 30.3 Å². The van der Waals surface area contributed by atoms with E-state index in [-0.39, 0.29) is 0 Å². The van der Waals surface area contributed by atoms with Crippen molar-refractivity contribution in [3.05, 3.63) is 48.5 Å². The van der Waals surface area contributed by atoms with Crippen molar-refractivity contribution in [2.45, 2.75) is 6.92 Å². The second-order valence-corrected chi connectivity index (χ2v) is 2.71. The molecule has 0 heterocycles. The first kappa shape index (κ1) is 15.1. The van der Waals surface area contributed by atoms with Crippen molar-refractivity contribution in [3.63, 3.8) is 0 Å². The van der Waals surface area contributed by atoms with Crippen LogP contribution < -0.4 is 0 Å². The molecule has 0 N–H and O–H groups in total. The van der Waals surface area contributed by atoms with Crippen molar-refractivity contribution in [3.8, 4) is 0 Å². The summed E-state index contributed by atoms with van der Waals surface area (Å²) in [6, 6.07) is 1.98. The number of aldehydes is 1. The van der Waals surface area contributed by atoms with Crippen LogP contribution in [0.15, 0.2) is 18.2 Å². The van der Waals surface area contributed by atoms with E-state index in [0.717, 1.165) is 6.29 Å². The lowest BCUT2D eigenvalue weighted by atomic mass is 10.2. The molecule has 1 aromatic rings. The molecule has 0 amide bonds. The lowest BCUT2D eigenvalue weighted by molar-refractivity contribution is -0.403. The quantitative estimate of drug-likeness (QED) is 0.453. The molecule has 18 heavy (non-hydrogen) atoms. The van der Waals surface area contributed by atoms with Gasteiger partial charge in [-0.1, -0.05) is 0 Å². The molecule has 0 fully saturated rings. The monoisotopic (exact) mass is 257 g/mol. The van der Waals surface area contributed by atoms with E-state index in [0.29, 0.717) is 18.2 Å². The number of nitrogens with zero attached hydrogens (tertiary/aromatic N) is 3. The van der Waals surface area contributed by atoms with Crippen molar-refractivity contribution in [1.82, 2.24) is 0 Å². The number of hydrogen-bond acceptors (Lipinski definition) is 7. The summed E-state index contributed by atoms with van der Waals surface area (Å²) in [6.45, 7) is 1.44. The molecule has 0 bridgehead atoms. The number of non-ortho nitro benzene ring substituents is 3. The topological polar surface area (TPSA) is 146 Å². The van der Waals surface area contributed by atoms with E-state index in [2.05, 4.69) is 0 Å². The van der Waals surface area contributed by atoms with Crippen LogP contribution in [0.4, 0.5) is 17.1 Å². The third kappa shape index (κ3) is 4.30. The number of nitro groups is 3. The van der Waals surface area contributed by atoms with Crippen LogP contribution in [0.25, 0.3) is 0 Å². The van der Waals surface area contributed by atoms with Crippen LogP contribution in [0.1, 0.15) is 6.92 Å². The van der Waals surface area contributed by atoms with Crippen LogP contribution in [0, 0.1) is 30.3 Å². The Morgan fingerprint density at radius 1 is 0.833 bits per heavy atom. The first-order chi connectivity index (χ1) is 8.33. The van der Waals surface area contributed by atoms with Crippen LogP contribution in [0.2, 0.25) is 0 Å². The van der Waals surface area contributed by atoms with Gasteiger partial charge in [-0.3, -0.25) is 30.3 Å². The van der Waals surface area contributed by atoms with Gasteiger partial charge in [0.1, 0.15) is 6.29 Å². The summed E-state index contributed by atoms with van der Waals surface area (Å²) in [5, 5.41) is 30.9. The molecular formula is C8H7N3O7. The Bertz CT molecular complexity index is 420. The minimum atomic E-state index is -0.931. The summed E-state index contributed by atoms with van der Waals surface area (Å²) < 4.78 is 0. The molecule has 0 spiro atoms. The Balaban J connectivity index is 0.000000873. The lowest BCUT2D eigenvalue weighted by Crippen LogP contribution is -1.96. The number of nitro benzene ring substituents is 3. The molecule has 0 aromatic heterocycles. The summed E-state index contributed by atoms with van der Waals surface area (Å²) >= 11 is 0. The molecule has 0 saturated heterocycles. The van der Waals surface area contributed by atoms with Crippen molar-refractivity contribution < 1.29 is 19.6 Å². The molecule has 1 rings (SSSR count). The zero-order chi connectivity index (χ0) is 14.3. The van der Waals surface area contributed by atoms with Crippen molar-refractivity contribution in [1.29, 1.82) is 0 Å². The van der Waals surface area contributed by atoms with Gasteiger partial charge in [-0.05, 0) is 6.92 Å². The number of rotatable bonds is 3. The van der Waals surface area contributed by atoms with Gasteiger partial charge in [0, 0.05) is 0 Å². The maximum Gasteiger partial charge on any atom is 0.283 e. The maximum absolute atomic E-state index is 10.3. The van der Waals surface area contributed by atoms with Gasteiger partial charge in [-0.25, -0.2) is 0 Å². The fraction of sp³-hybridized carbons (Fsp3) is 0.125. The lowest BCUT2D eigenvalue weighted by Gasteiger charge is -1.93. The molecule has 0 radical (unpaired) electrons. The van der Waals surface area contributed by atoms with E-state index in [1.807, 2.05) is 0 Å². The van der Waals surface area contributed by atoms with Crippen LogP contribution in [-0.2, 0) is 4.79 Å². The molecule has 0 atom stereocenters. The second-order valence-electron chi connectivity index (χ2n) is 2.71. The Morgan fingerprint density at radius 2 is 1.00 bits per heavy atom. The average molecular weight is 257 g/mol. The first-order valence-corrected chi connectivity index (χ1v) is 4.31. The number of carbonyl (C=O) groups is 1. The summed E-state index contributed by atoms with van der Waals surface area (Å²) in [5.74, 6) is 0. The van der Waals surface area contributed by atoms with Gasteiger partial charge in [0.05, 0.1) is 33.0 Å². The zero-order valence-electron chi connectivity index (χ0n) is 9.01. The molecular weight excluding hydrogens is 250 g/mol. The highest BCUT2D eigenvalue weighted by atomic mass is 16.6. The minimum absolute atomic E-state index is 0.660. The second kappa shape index (κ2) is 6.62. The molecule has 10 nitrogen and oxygen atoms in total. The number of hydrogen-bond donors (Lipinski definition) is 0. The molecule has 0 aliphatic rings. The zero-order valence-corrected chi connectivity index (χ0v) is 9.01. The smallest absolute Gasteiger partial charge is 0.283 e. The fourth-order valence-electron chi connectivity index (χ4n) is 0.896. The van der Waals surface area contributed by atoms with Crippen LogP contribution in [0.3, 0.4) is 0 Å². The largest absolute Gasteiger partial charge is 0.304 e. The van der Waals surface area contributed by atoms with Crippen LogP contribution >= 0.6 is 0 Å². The highest BCUT2D eigenvalue weighted by Gasteiger charge is 2.21. The molecule has 0 aliphatic heterocycles. The Labute approximate surface area is 99.3 Å². The van der Waals surface area contributed by atoms with E-state index in [1.165, 1.54) is 6.92 Å². The first-order valence-electron chi connectivity index (χ1n) is 4.31. The van der Waals surface area contributed by atoms with Gasteiger partial charge in [0.15, 0.2) is 0 Å². The van der Waals surface area contributed by atoms with Crippen LogP contribution in [-0.4, -0.2) is 21.1 Å². The van der Waals surface area contributed by atoms with Gasteiger partial charge >= 0.3 is 0 Å². The van der Waals surface area contributed by atoms with E-state index < -0.39 is 31.8 Å². The average Bonchev–Trinajstić information content (AvgIpc) is 2.29. The minimum Gasteiger partial charge on any atom is -0.304 e. The predicted octanol–water partition coefficient (Wildman–Crippen LogP) is 1.62. The standard InChI is InChI=1S/C6H3N3O6.C2H4O/c10-7(11)4-1-5(8(12)13)3-6(2-4)9(14)15;1-2-3/h1-3H;2H,1H3. The third-order valence-corrected chi connectivity index (χ3v) is 1.52. The Kier molecular flexibility index (Phi) is 5.55. The molecule has 1 aromatic carbocycles. The normalized spacial score (nSPS) is 8.72. The highest BCUT2D eigenvalue weighted by molar-refractivity contribution is 5.52. The van der Waals surface area contributed by atoms with E-state index in [1.54, 1.807) is 0 Å². The predicted molar refractivity (Wildman–Crippen MR) is 58.1 cm³/mol. The molecule has 0 saturated carbocycles. The molecule has 10 heteroatoms. The molecule has 0 aliphatic carbocycles. The summed E-state index contributed by atoms with van der Waals surface area (Å²) in [4.78, 5) is 36.9. The van der Waals surface area contributed by atoms with E-state index >= 15 is 0 Å². The number of benzene rings is 1. The van der Waals surface area contributed by atoms with Gasteiger partial charge in [0.25, 0.3) is 17.1 Å². The summed E-state index contributed by atoms with van der Waals surface area (Å²) in [6.07, 6.45) is 0.750. The summed E-state index contributed by atoms with van der Waals surface area (Å²) in [5.41, 5.74) is -2.05. The maximum atomic E-state index is 10.3. The third-order valence-electron chi connectivity index (χ3n) is 1.52. The van der Waals surface area contributed by atoms with E-state index in [4.69, 9.17) is 4.79 Å². The van der Waals surface area contributed by atoms with Gasteiger partial charge in [-0.15, -0.1) is 0 Å². The van der Waals surface area contributed by atoms with Crippen molar-refractivity contribution in [2.24, 2.45) is 0 Å². The van der Waals surface area contributed by atoms with Crippen LogP contribution in [0.5, 0.6) is 0 Å². The SMILES string of the molecule is CC=O.O=[N+]([O-])c1cc([N+](=O)[O-])cc([N+](=O)[O-])c1. The molecule has 96 valence electrons. The highest BCUT2D eigenvalue weighted by Crippen LogP contribution is 2.26. The van der Waals surface area contributed by atoms with Crippen molar-refractivity contribution in [2.75, 3.05) is 0 Å². The Morgan fingerprint density at radius 3 is 1.11 bits per heavy atom. The number of carbonyl (C=O) groups excluding carboxylic acids is 1. The molecule has 0 unspecified atom stereocenters. The van der Waals surface area contributed by atoms with Gasteiger partial charge in [-0.2, -0.15) is 0 Å². The van der Waals surface area contributed by atoms with Gasteiger partial charge in [0.2, 0.25) is 0 Å².